The number of sulfone groups is 1. The van der Waals surface area contributed by atoms with E-state index in [1.165, 1.54) is 12.1 Å². The van der Waals surface area contributed by atoms with E-state index in [0.29, 0.717) is 10.7 Å². The fourth-order valence-electron chi connectivity index (χ4n) is 2.37. The van der Waals surface area contributed by atoms with Crippen LogP contribution in [0.15, 0.2) is 52.2 Å². The van der Waals surface area contributed by atoms with Gasteiger partial charge < -0.3 is 5.73 Å². The van der Waals surface area contributed by atoms with Crippen LogP contribution in [0.25, 0.3) is 16.6 Å². The average Bonchev–Trinajstić information content (AvgIpc) is 2.47. The van der Waals surface area contributed by atoms with Crippen molar-refractivity contribution in [1.29, 1.82) is 0 Å². The number of nitrogens with two attached hydrogens (primary N) is 1. The summed E-state index contributed by atoms with van der Waals surface area (Å²) in [6, 6.07) is 10.9. The average molecular weight is 350 g/mol. The number of rotatable bonds is 2. The van der Waals surface area contributed by atoms with Crippen molar-refractivity contribution in [1.82, 2.24) is 9.55 Å². The number of hydrogen-bond acceptors (Lipinski definition) is 5. The normalized spacial score (nSPS) is 11.7. The molecule has 0 amide bonds. The monoisotopic (exact) mass is 349 g/mol. The SMILES string of the molecule is CS(=O)(=O)c1cccc2nc(N)n(-c3ccc(Cl)cc3)c(=O)c12. The maximum atomic E-state index is 12.8. The summed E-state index contributed by atoms with van der Waals surface area (Å²) in [6.45, 7) is 0. The molecular formula is C15H12ClN3O3S. The van der Waals surface area contributed by atoms with Crippen LogP contribution >= 0.6 is 11.6 Å². The van der Waals surface area contributed by atoms with Crippen molar-refractivity contribution in [2.45, 2.75) is 4.90 Å². The van der Waals surface area contributed by atoms with Gasteiger partial charge in [0.05, 0.1) is 21.5 Å². The van der Waals surface area contributed by atoms with E-state index in [9.17, 15) is 13.2 Å². The predicted octanol–water partition coefficient (Wildman–Crippen LogP) is 2.02. The predicted molar refractivity (Wildman–Crippen MR) is 89.9 cm³/mol. The van der Waals surface area contributed by atoms with Crippen molar-refractivity contribution < 1.29 is 8.42 Å². The van der Waals surface area contributed by atoms with E-state index >= 15 is 0 Å². The van der Waals surface area contributed by atoms with Gasteiger partial charge in [-0.05, 0) is 36.4 Å². The molecule has 1 aromatic heterocycles. The summed E-state index contributed by atoms with van der Waals surface area (Å²) in [7, 11) is -3.59. The van der Waals surface area contributed by atoms with Crippen LogP contribution in [0.4, 0.5) is 5.95 Å². The Morgan fingerprint density at radius 1 is 1.13 bits per heavy atom. The van der Waals surface area contributed by atoms with Gasteiger partial charge >= 0.3 is 0 Å². The zero-order valence-electron chi connectivity index (χ0n) is 12.0. The molecule has 0 saturated heterocycles. The summed E-state index contributed by atoms with van der Waals surface area (Å²) in [5.41, 5.74) is 6.03. The molecule has 3 rings (SSSR count). The van der Waals surface area contributed by atoms with Crippen LogP contribution in [0.5, 0.6) is 0 Å². The first-order valence-electron chi connectivity index (χ1n) is 6.56. The number of benzene rings is 2. The molecular weight excluding hydrogens is 338 g/mol. The van der Waals surface area contributed by atoms with Crippen molar-refractivity contribution in [3.63, 3.8) is 0 Å². The zero-order chi connectivity index (χ0) is 16.8. The maximum Gasteiger partial charge on any atom is 0.268 e. The van der Waals surface area contributed by atoms with Crippen LogP contribution in [0.2, 0.25) is 5.02 Å². The van der Waals surface area contributed by atoms with E-state index in [1.54, 1.807) is 30.3 Å². The Morgan fingerprint density at radius 2 is 1.78 bits per heavy atom. The Labute approximate surface area is 137 Å². The van der Waals surface area contributed by atoms with Crippen LogP contribution in [0, 0.1) is 0 Å². The summed E-state index contributed by atoms with van der Waals surface area (Å²) in [4.78, 5) is 16.9. The number of aromatic nitrogens is 2. The van der Waals surface area contributed by atoms with E-state index < -0.39 is 15.4 Å². The lowest BCUT2D eigenvalue weighted by Crippen LogP contribution is -2.24. The molecule has 0 saturated carbocycles. The minimum absolute atomic E-state index is 0.0131. The second-order valence-electron chi connectivity index (χ2n) is 5.01. The van der Waals surface area contributed by atoms with Gasteiger partial charge in [-0.1, -0.05) is 17.7 Å². The number of hydrogen-bond donors (Lipinski definition) is 1. The van der Waals surface area contributed by atoms with E-state index in [2.05, 4.69) is 4.98 Å². The Morgan fingerprint density at radius 3 is 2.39 bits per heavy atom. The fourth-order valence-corrected chi connectivity index (χ4v) is 3.38. The number of nitrogen functional groups attached to an aromatic ring is 1. The van der Waals surface area contributed by atoms with Gasteiger partial charge in [0, 0.05) is 11.3 Å². The molecule has 0 unspecified atom stereocenters. The summed E-state index contributed by atoms with van der Waals surface area (Å²) in [5.74, 6) is -0.0320. The Hall–Kier alpha value is -2.38. The van der Waals surface area contributed by atoms with E-state index in [0.717, 1.165) is 10.8 Å². The molecule has 118 valence electrons. The van der Waals surface area contributed by atoms with Crippen LogP contribution in [-0.2, 0) is 9.84 Å². The third kappa shape index (κ3) is 2.69. The summed E-state index contributed by atoms with van der Waals surface area (Å²) in [6.07, 6.45) is 1.05. The molecule has 1 heterocycles. The van der Waals surface area contributed by atoms with Crippen molar-refractivity contribution in [3.05, 3.63) is 57.8 Å². The smallest absolute Gasteiger partial charge is 0.268 e. The minimum Gasteiger partial charge on any atom is -0.369 e. The van der Waals surface area contributed by atoms with Gasteiger partial charge in [0.2, 0.25) is 5.95 Å². The van der Waals surface area contributed by atoms with Gasteiger partial charge in [-0.25, -0.2) is 18.0 Å². The molecule has 3 aromatic rings. The molecule has 0 bridgehead atoms. The van der Waals surface area contributed by atoms with E-state index in [4.69, 9.17) is 17.3 Å². The third-order valence-electron chi connectivity index (χ3n) is 3.37. The molecule has 0 aliphatic heterocycles. The molecule has 8 heteroatoms. The molecule has 0 fully saturated rings. The van der Waals surface area contributed by atoms with Gasteiger partial charge in [0.15, 0.2) is 9.84 Å². The van der Waals surface area contributed by atoms with Crippen LogP contribution in [0.1, 0.15) is 0 Å². The van der Waals surface area contributed by atoms with Gasteiger partial charge in [-0.2, -0.15) is 0 Å². The first kappa shape index (κ1) is 15.5. The summed E-state index contributed by atoms with van der Waals surface area (Å²) < 4.78 is 25.1. The van der Waals surface area contributed by atoms with Gasteiger partial charge in [0.25, 0.3) is 5.56 Å². The fraction of sp³-hybridized carbons (Fsp3) is 0.0667. The minimum atomic E-state index is -3.59. The highest BCUT2D eigenvalue weighted by atomic mass is 35.5. The highest BCUT2D eigenvalue weighted by molar-refractivity contribution is 7.91. The number of halogens is 1. The quantitative estimate of drug-likeness (QED) is 0.763. The molecule has 0 aliphatic rings. The molecule has 0 radical (unpaired) electrons. The molecule has 23 heavy (non-hydrogen) atoms. The second kappa shape index (κ2) is 5.36. The summed E-state index contributed by atoms with van der Waals surface area (Å²) in [5, 5.41) is 0.519. The first-order valence-corrected chi connectivity index (χ1v) is 8.83. The van der Waals surface area contributed by atoms with Crippen molar-refractivity contribution >= 4 is 38.3 Å². The Balaban J connectivity index is 2.46. The largest absolute Gasteiger partial charge is 0.369 e. The molecule has 0 atom stereocenters. The van der Waals surface area contributed by atoms with Gasteiger partial charge in [-0.3, -0.25) is 4.79 Å². The van der Waals surface area contributed by atoms with Gasteiger partial charge in [0.1, 0.15) is 0 Å². The maximum absolute atomic E-state index is 12.8. The van der Waals surface area contributed by atoms with Crippen molar-refractivity contribution in [3.8, 4) is 5.69 Å². The topological polar surface area (TPSA) is 95.0 Å². The number of anilines is 1. The van der Waals surface area contributed by atoms with Crippen molar-refractivity contribution in [2.75, 3.05) is 12.0 Å². The Kier molecular flexibility index (Phi) is 3.62. The lowest BCUT2D eigenvalue weighted by atomic mass is 10.2. The van der Waals surface area contributed by atoms with Crippen molar-refractivity contribution in [2.24, 2.45) is 0 Å². The zero-order valence-corrected chi connectivity index (χ0v) is 13.6. The molecule has 0 aliphatic carbocycles. The van der Waals surface area contributed by atoms with E-state index in [-0.39, 0.29) is 21.7 Å². The second-order valence-corrected chi connectivity index (χ2v) is 7.43. The van der Waals surface area contributed by atoms with Gasteiger partial charge in [-0.15, -0.1) is 0 Å². The summed E-state index contributed by atoms with van der Waals surface area (Å²) >= 11 is 5.85. The highest BCUT2D eigenvalue weighted by Gasteiger charge is 2.18. The Bertz CT molecular complexity index is 1070. The molecule has 2 N–H and O–H groups in total. The standard InChI is InChI=1S/C15H12ClN3O3S/c1-23(21,22)12-4-2-3-11-13(12)14(20)19(15(17)18-11)10-7-5-9(16)6-8-10/h2-8H,1H3,(H2,17,18). The van der Waals surface area contributed by atoms with Crippen LogP contribution in [-0.4, -0.2) is 24.2 Å². The lowest BCUT2D eigenvalue weighted by Gasteiger charge is -2.12. The van der Waals surface area contributed by atoms with Crippen LogP contribution in [0.3, 0.4) is 0 Å². The molecule has 2 aromatic carbocycles. The highest BCUT2D eigenvalue weighted by Crippen LogP contribution is 2.21. The lowest BCUT2D eigenvalue weighted by molar-refractivity contribution is 0.602. The van der Waals surface area contributed by atoms with Crippen LogP contribution < -0.4 is 11.3 Å². The molecule has 6 nitrogen and oxygen atoms in total. The number of fused-ring (bicyclic) bond motifs is 1. The first-order chi connectivity index (χ1) is 10.8. The third-order valence-corrected chi connectivity index (χ3v) is 4.76. The van der Waals surface area contributed by atoms with E-state index in [1.807, 2.05) is 0 Å². The molecule has 0 spiro atoms. The number of nitrogens with zero attached hydrogens (tertiary/aromatic N) is 2.